The van der Waals surface area contributed by atoms with E-state index in [9.17, 15) is 35.9 Å². The zero-order chi connectivity index (χ0) is 39.4. The molecule has 3 amide bonds. The molecule has 2 unspecified atom stereocenters. The van der Waals surface area contributed by atoms with Crippen LogP contribution in [0.1, 0.15) is 34.3 Å². The summed E-state index contributed by atoms with van der Waals surface area (Å²) < 4.78 is 94.1. The molecule has 2 aliphatic rings. The SMILES string of the molecule is COc1ccccc1N1CCN(C(=O)C2(Oc3ccc(C(F)(F)F)cc3)CCCN(C(=O)c3cnccc3C(F)(F)F)C2)C(C(=O)N(C)CCN(C)C)C1. The van der Waals surface area contributed by atoms with E-state index in [2.05, 4.69) is 4.98 Å². The van der Waals surface area contributed by atoms with Gasteiger partial charge in [-0.15, -0.1) is 0 Å². The van der Waals surface area contributed by atoms with Gasteiger partial charge in [-0.1, -0.05) is 12.1 Å². The molecule has 2 aliphatic heterocycles. The largest absolute Gasteiger partial charge is 0.495 e. The number of para-hydroxylation sites is 2. The van der Waals surface area contributed by atoms with Gasteiger partial charge in [0.05, 0.1) is 36.0 Å². The second-order valence-corrected chi connectivity index (χ2v) is 13.6. The smallest absolute Gasteiger partial charge is 0.417 e. The molecule has 17 heteroatoms. The van der Waals surface area contributed by atoms with Crippen LogP contribution in [0.5, 0.6) is 11.5 Å². The van der Waals surface area contributed by atoms with Gasteiger partial charge in [0, 0.05) is 58.7 Å². The van der Waals surface area contributed by atoms with Crippen LogP contribution in [0, 0.1) is 0 Å². The molecule has 54 heavy (non-hydrogen) atoms. The Morgan fingerprint density at radius 3 is 2.26 bits per heavy atom. The summed E-state index contributed by atoms with van der Waals surface area (Å²) in [4.78, 5) is 54.6. The Morgan fingerprint density at radius 1 is 0.907 bits per heavy atom. The maximum absolute atomic E-state index is 15.1. The van der Waals surface area contributed by atoms with Gasteiger partial charge in [-0.05, 0) is 69.4 Å². The predicted octanol–water partition coefficient (Wildman–Crippen LogP) is 4.92. The summed E-state index contributed by atoms with van der Waals surface area (Å²) in [6.45, 7) is 0.492. The number of hydrogen-bond donors (Lipinski definition) is 0. The fourth-order valence-corrected chi connectivity index (χ4v) is 6.74. The molecule has 5 rings (SSSR count). The van der Waals surface area contributed by atoms with Gasteiger partial charge in [0.25, 0.3) is 11.8 Å². The number of piperazine rings is 1. The van der Waals surface area contributed by atoms with Crippen LogP contribution in [-0.4, -0.2) is 128 Å². The van der Waals surface area contributed by atoms with Gasteiger partial charge < -0.3 is 34.0 Å². The molecular weight excluding hydrogens is 722 g/mol. The summed E-state index contributed by atoms with van der Waals surface area (Å²) in [5.74, 6) is -1.78. The summed E-state index contributed by atoms with van der Waals surface area (Å²) in [6.07, 6.45) is -7.81. The van der Waals surface area contributed by atoms with E-state index < -0.39 is 65.0 Å². The number of likely N-dealkylation sites (N-methyl/N-ethyl adjacent to an activating group) is 2. The van der Waals surface area contributed by atoms with Crippen molar-refractivity contribution in [3.63, 3.8) is 0 Å². The molecule has 2 atom stereocenters. The Morgan fingerprint density at radius 2 is 1.61 bits per heavy atom. The minimum Gasteiger partial charge on any atom is -0.495 e. The number of benzene rings is 2. The number of likely N-dealkylation sites (tertiary alicyclic amines) is 1. The van der Waals surface area contributed by atoms with Crippen LogP contribution in [0.3, 0.4) is 0 Å². The number of carbonyl (C=O) groups excluding carboxylic acids is 3. The Labute approximate surface area is 309 Å². The number of ether oxygens (including phenoxy) is 2. The van der Waals surface area contributed by atoms with Crippen molar-refractivity contribution in [2.45, 2.75) is 36.8 Å². The van der Waals surface area contributed by atoms with Crippen LogP contribution in [0.15, 0.2) is 67.0 Å². The monoisotopic (exact) mass is 764 g/mol. The number of hydrogen-bond acceptors (Lipinski definition) is 8. The lowest BCUT2D eigenvalue weighted by Gasteiger charge is -2.48. The third-order valence-electron chi connectivity index (χ3n) is 9.59. The van der Waals surface area contributed by atoms with E-state index in [0.29, 0.717) is 30.6 Å². The first-order chi connectivity index (χ1) is 25.4. The molecule has 3 heterocycles. The Hall–Kier alpha value is -5.06. The zero-order valence-electron chi connectivity index (χ0n) is 30.3. The number of aromatic nitrogens is 1. The van der Waals surface area contributed by atoms with E-state index in [0.717, 1.165) is 41.6 Å². The Kier molecular flexibility index (Phi) is 12.0. The molecule has 0 aliphatic carbocycles. The van der Waals surface area contributed by atoms with Gasteiger partial charge in [-0.3, -0.25) is 19.4 Å². The first-order valence-corrected chi connectivity index (χ1v) is 17.2. The van der Waals surface area contributed by atoms with E-state index in [-0.39, 0.29) is 44.8 Å². The second kappa shape index (κ2) is 16.1. The first-order valence-electron chi connectivity index (χ1n) is 17.2. The lowest BCUT2D eigenvalue weighted by molar-refractivity contribution is -0.160. The van der Waals surface area contributed by atoms with E-state index in [1.165, 1.54) is 16.9 Å². The van der Waals surface area contributed by atoms with Crippen LogP contribution in [0.2, 0.25) is 0 Å². The number of halogens is 6. The molecular formula is C37H42F6N6O5. The van der Waals surface area contributed by atoms with Crippen molar-refractivity contribution in [2.24, 2.45) is 0 Å². The number of piperidine rings is 1. The number of carbonyl (C=O) groups is 3. The van der Waals surface area contributed by atoms with Gasteiger partial charge in [0.1, 0.15) is 17.5 Å². The Bertz CT molecular complexity index is 1810. The fraction of sp³-hybridized carbons (Fsp3) is 0.459. The van der Waals surface area contributed by atoms with E-state index in [4.69, 9.17) is 9.47 Å². The third kappa shape index (κ3) is 8.83. The summed E-state index contributed by atoms with van der Waals surface area (Å²) in [6, 6.07) is 10.4. The number of nitrogens with zero attached hydrogens (tertiary/aromatic N) is 6. The lowest BCUT2D eigenvalue weighted by atomic mass is 9.88. The predicted molar refractivity (Wildman–Crippen MR) is 186 cm³/mol. The normalized spacial score (nSPS) is 19.5. The van der Waals surface area contributed by atoms with Crippen molar-refractivity contribution in [1.29, 1.82) is 0 Å². The van der Waals surface area contributed by atoms with Crippen molar-refractivity contribution in [2.75, 3.05) is 79.0 Å². The van der Waals surface area contributed by atoms with Crippen LogP contribution >= 0.6 is 0 Å². The number of pyridine rings is 1. The second-order valence-electron chi connectivity index (χ2n) is 13.6. The average molecular weight is 765 g/mol. The van der Waals surface area contributed by atoms with Crippen molar-refractivity contribution >= 4 is 23.4 Å². The van der Waals surface area contributed by atoms with Crippen molar-refractivity contribution in [3.05, 3.63) is 83.7 Å². The van der Waals surface area contributed by atoms with Gasteiger partial charge in [-0.2, -0.15) is 26.3 Å². The van der Waals surface area contributed by atoms with Gasteiger partial charge in [0.15, 0.2) is 0 Å². The third-order valence-corrected chi connectivity index (χ3v) is 9.59. The van der Waals surface area contributed by atoms with Crippen molar-refractivity contribution < 1.29 is 50.2 Å². The molecule has 2 fully saturated rings. The molecule has 292 valence electrons. The quantitative estimate of drug-likeness (QED) is 0.269. The maximum atomic E-state index is 15.1. The molecule has 2 saturated heterocycles. The van der Waals surface area contributed by atoms with Crippen molar-refractivity contribution in [3.8, 4) is 11.5 Å². The number of amides is 3. The number of methoxy groups -OCH3 is 1. The van der Waals surface area contributed by atoms with Gasteiger partial charge >= 0.3 is 12.4 Å². The summed E-state index contributed by atoms with van der Waals surface area (Å²) in [5.41, 5.74) is -4.23. The van der Waals surface area contributed by atoms with Gasteiger partial charge in [0.2, 0.25) is 11.5 Å². The van der Waals surface area contributed by atoms with E-state index in [1.807, 2.05) is 36.0 Å². The average Bonchev–Trinajstić information content (AvgIpc) is 3.15. The molecule has 0 bridgehead atoms. The summed E-state index contributed by atoms with van der Waals surface area (Å²) in [7, 11) is 6.82. The molecule has 0 N–H and O–H groups in total. The molecule has 11 nitrogen and oxygen atoms in total. The number of rotatable bonds is 10. The van der Waals surface area contributed by atoms with Crippen LogP contribution < -0.4 is 14.4 Å². The first kappa shape index (κ1) is 40.1. The van der Waals surface area contributed by atoms with Crippen LogP contribution in [0.4, 0.5) is 32.0 Å². The van der Waals surface area contributed by atoms with Crippen LogP contribution in [0.25, 0.3) is 0 Å². The standard InChI is InChI=1S/C37H42F6N6O5/c1-45(2)18-19-46(3)33(51)30-23-47(29-8-5-6-9-31(29)53-4)20-21-49(30)34(52)35(54-26-12-10-25(11-13-26)36(38,39)40)15-7-17-48(24-35)32(50)27-22-44-16-14-28(27)37(41,42)43/h5-6,8-14,16,22,30H,7,15,17-21,23-24H2,1-4H3. The molecule has 1 aromatic heterocycles. The Balaban J connectivity index is 1.55. The highest BCUT2D eigenvalue weighted by Gasteiger charge is 2.52. The molecule has 2 aromatic carbocycles. The number of alkyl halides is 6. The molecule has 0 radical (unpaired) electrons. The zero-order valence-corrected chi connectivity index (χ0v) is 30.3. The lowest BCUT2D eigenvalue weighted by Crippen LogP contribution is -2.68. The van der Waals surface area contributed by atoms with E-state index >= 15 is 4.79 Å². The van der Waals surface area contributed by atoms with E-state index in [1.54, 1.807) is 19.2 Å². The minimum atomic E-state index is -4.89. The summed E-state index contributed by atoms with van der Waals surface area (Å²) >= 11 is 0. The maximum Gasteiger partial charge on any atom is 0.417 e. The fourth-order valence-electron chi connectivity index (χ4n) is 6.74. The molecule has 0 saturated carbocycles. The minimum absolute atomic E-state index is 0.0122. The highest BCUT2D eigenvalue weighted by molar-refractivity contribution is 5.97. The van der Waals surface area contributed by atoms with Gasteiger partial charge in [-0.25, -0.2) is 0 Å². The summed E-state index contributed by atoms with van der Waals surface area (Å²) in [5, 5.41) is 0. The highest BCUT2D eigenvalue weighted by Crippen LogP contribution is 2.37. The highest BCUT2D eigenvalue weighted by atomic mass is 19.4. The molecule has 3 aromatic rings. The number of anilines is 1. The van der Waals surface area contributed by atoms with Crippen LogP contribution in [-0.2, 0) is 21.9 Å². The molecule has 0 spiro atoms. The topological polar surface area (TPSA) is 98.8 Å². The van der Waals surface area contributed by atoms with Crippen molar-refractivity contribution in [1.82, 2.24) is 24.6 Å².